The normalized spacial score (nSPS) is 13.3. The van der Waals surface area contributed by atoms with Crippen molar-refractivity contribution in [1.82, 2.24) is 10.6 Å². The molecular weight excluding hydrogens is 260 g/mol. The Hall–Kier alpha value is -1.92. The number of nitrogens with one attached hydrogen (secondary N) is 2. The van der Waals surface area contributed by atoms with Crippen LogP contribution in [-0.2, 0) is 20.9 Å². The van der Waals surface area contributed by atoms with Crippen LogP contribution in [0.5, 0.6) is 0 Å². The van der Waals surface area contributed by atoms with Crippen LogP contribution in [0.2, 0.25) is 0 Å². The smallest absolute Gasteiger partial charge is 0.328 e. The van der Waals surface area contributed by atoms with E-state index in [4.69, 9.17) is 9.84 Å². The fourth-order valence-electron chi connectivity index (χ4n) is 1.48. The molecular formula is C14H20N2O4. The Morgan fingerprint density at radius 2 is 1.85 bits per heavy atom. The molecule has 0 fully saturated rings. The van der Waals surface area contributed by atoms with Crippen LogP contribution < -0.4 is 10.6 Å². The molecule has 3 N–H and O–H groups in total. The van der Waals surface area contributed by atoms with E-state index in [0.717, 1.165) is 5.56 Å². The van der Waals surface area contributed by atoms with Crippen molar-refractivity contribution in [2.24, 2.45) is 0 Å². The highest BCUT2D eigenvalue weighted by atomic mass is 16.5. The highest BCUT2D eigenvalue weighted by molar-refractivity contribution is 5.87. The van der Waals surface area contributed by atoms with Crippen molar-refractivity contribution in [3.8, 4) is 0 Å². The first-order chi connectivity index (χ1) is 9.54. The summed E-state index contributed by atoms with van der Waals surface area (Å²) >= 11 is 0. The van der Waals surface area contributed by atoms with E-state index in [9.17, 15) is 9.59 Å². The highest BCUT2D eigenvalue weighted by Crippen LogP contribution is 2.02. The summed E-state index contributed by atoms with van der Waals surface area (Å²) in [6.45, 7) is 3.01. The first-order valence-electron chi connectivity index (χ1n) is 6.39. The minimum absolute atomic E-state index is 0.171. The molecule has 110 valence electrons. The van der Waals surface area contributed by atoms with Crippen LogP contribution in [-0.4, -0.2) is 35.8 Å². The average molecular weight is 280 g/mol. The summed E-state index contributed by atoms with van der Waals surface area (Å²) < 4.78 is 5.11. The Kier molecular flexibility index (Phi) is 6.69. The van der Waals surface area contributed by atoms with E-state index in [2.05, 4.69) is 10.6 Å². The maximum atomic E-state index is 11.7. The van der Waals surface area contributed by atoms with E-state index in [0.29, 0.717) is 0 Å². The van der Waals surface area contributed by atoms with Gasteiger partial charge in [0.05, 0.1) is 12.8 Å². The molecule has 0 aliphatic carbocycles. The maximum absolute atomic E-state index is 11.7. The molecule has 6 nitrogen and oxygen atoms in total. The van der Waals surface area contributed by atoms with Gasteiger partial charge in [-0.1, -0.05) is 30.3 Å². The summed E-state index contributed by atoms with van der Waals surface area (Å²) in [5.41, 5.74) is 0.884. The van der Waals surface area contributed by atoms with Crippen molar-refractivity contribution in [3.63, 3.8) is 0 Å². The third-order valence-corrected chi connectivity index (χ3v) is 2.73. The molecule has 0 radical (unpaired) electrons. The molecule has 1 aromatic rings. The molecule has 1 aromatic carbocycles. The van der Waals surface area contributed by atoms with Crippen molar-refractivity contribution < 1.29 is 19.4 Å². The fraction of sp³-hybridized carbons (Fsp3) is 0.429. The predicted octanol–water partition coefficient (Wildman–Crippen LogP) is 0.162. The second kappa shape index (κ2) is 8.29. The van der Waals surface area contributed by atoms with E-state index in [1.807, 2.05) is 30.3 Å². The standard InChI is InChI=1S/C14H20N2O4/c1-10(15-9-17)13(18)16-11(2)14(19)20-8-12-6-4-3-5-7-12/h3-7,10-11,15,17H,8-9H2,1-2H3,(H,16,18)/t10-,11-/m0/s1. The molecule has 0 bridgehead atoms. The monoisotopic (exact) mass is 280 g/mol. The number of amides is 1. The zero-order chi connectivity index (χ0) is 15.0. The Balaban J connectivity index is 2.37. The molecule has 0 aliphatic rings. The third kappa shape index (κ3) is 5.38. The third-order valence-electron chi connectivity index (χ3n) is 2.73. The molecule has 0 aliphatic heterocycles. The number of rotatable bonds is 7. The number of aliphatic hydroxyl groups is 1. The van der Waals surface area contributed by atoms with E-state index in [1.165, 1.54) is 0 Å². The first-order valence-corrected chi connectivity index (χ1v) is 6.39. The number of hydrogen-bond acceptors (Lipinski definition) is 5. The lowest BCUT2D eigenvalue weighted by atomic mass is 10.2. The summed E-state index contributed by atoms with van der Waals surface area (Å²) in [4.78, 5) is 23.4. The molecule has 0 heterocycles. The van der Waals surface area contributed by atoms with E-state index in [-0.39, 0.29) is 19.2 Å². The lowest BCUT2D eigenvalue weighted by Gasteiger charge is -2.17. The van der Waals surface area contributed by atoms with E-state index >= 15 is 0 Å². The van der Waals surface area contributed by atoms with Crippen molar-refractivity contribution in [2.45, 2.75) is 32.5 Å². The minimum Gasteiger partial charge on any atom is -0.459 e. The van der Waals surface area contributed by atoms with Crippen LogP contribution in [0.1, 0.15) is 19.4 Å². The second-order valence-electron chi connectivity index (χ2n) is 4.41. The highest BCUT2D eigenvalue weighted by Gasteiger charge is 2.20. The number of benzene rings is 1. The molecule has 20 heavy (non-hydrogen) atoms. The Morgan fingerprint density at radius 3 is 2.45 bits per heavy atom. The van der Waals surface area contributed by atoms with E-state index < -0.39 is 18.1 Å². The van der Waals surface area contributed by atoms with E-state index in [1.54, 1.807) is 13.8 Å². The summed E-state index contributed by atoms with van der Waals surface area (Å²) in [5.74, 6) is -0.874. The van der Waals surface area contributed by atoms with Crippen molar-refractivity contribution in [2.75, 3.05) is 6.73 Å². The molecule has 1 amide bonds. The van der Waals surface area contributed by atoms with Gasteiger partial charge in [0.15, 0.2) is 0 Å². The maximum Gasteiger partial charge on any atom is 0.328 e. The SMILES string of the molecule is C[C@H](NCO)C(=O)N[C@@H](C)C(=O)OCc1ccccc1. The van der Waals surface area contributed by atoms with Gasteiger partial charge in [-0.3, -0.25) is 10.1 Å². The van der Waals surface area contributed by atoms with Gasteiger partial charge in [0.2, 0.25) is 5.91 Å². The zero-order valence-corrected chi connectivity index (χ0v) is 11.6. The van der Waals surface area contributed by atoms with Crippen LogP contribution in [0.25, 0.3) is 0 Å². The zero-order valence-electron chi connectivity index (χ0n) is 11.6. The molecule has 6 heteroatoms. The van der Waals surface area contributed by atoms with Gasteiger partial charge < -0.3 is 15.2 Å². The van der Waals surface area contributed by atoms with Gasteiger partial charge in [-0.25, -0.2) is 4.79 Å². The topological polar surface area (TPSA) is 87.7 Å². The van der Waals surface area contributed by atoms with Gasteiger partial charge in [0.1, 0.15) is 12.6 Å². The lowest BCUT2D eigenvalue weighted by Crippen LogP contribution is -2.48. The second-order valence-corrected chi connectivity index (χ2v) is 4.41. The Bertz CT molecular complexity index is 436. The van der Waals surface area contributed by atoms with Crippen LogP contribution in [0, 0.1) is 0 Å². The van der Waals surface area contributed by atoms with Crippen LogP contribution >= 0.6 is 0 Å². The molecule has 0 unspecified atom stereocenters. The number of carbonyl (C=O) groups is 2. The van der Waals surface area contributed by atoms with Gasteiger partial charge in [-0.05, 0) is 19.4 Å². The van der Waals surface area contributed by atoms with Gasteiger partial charge in [0.25, 0.3) is 0 Å². The number of ether oxygens (including phenoxy) is 1. The summed E-state index contributed by atoms with van der Waals surface area (Å²) in [6, 6.07) is 7.98. The van der Waals surface area contributed by atoms with Crippen LogP contribution in [0.4, 0.5) is 0 Å². The average Bonchev–Trinajstić information content (AvgIpc) is 2.45. The summed E-state index contributed by atoms with van der Waals surface area (Å²) in [7, 11) is 0. The largest absolute Gasteiger partial charge is 0.459 e. The summed E-state index contributed by atoms with van der Waals surface area (Å²) in [5, 5.41) is 13.7. The summed E-state index contributed by atoms with van der Waals surface area (Å²) in [6.07, 6.45) is 0. The van der Waals surface area contributed by atoms with Gasteiger partial charge in [-0.2, -0.15) is 0 Å². The first kappa shape index (κ1) is 16.1. The van der Waals surface area contributed by atoms with Crippen molar-refractivity contribution in [3.05, 3.63) is 35.9 Å². The van der Waals surface area contributed by atoms with Gasteiger partial charge in [-0.15, -0.1) is 0 Å². The Labute approximate surface area is 118 Å². The quantitative estimate of drug-likeness (QED) is 0.489. The number of esters is 1. The molecule has 0 aromatic heterocycles. The fourth-order valence-corrected chi connectivity index (χ4v) is 1.48. The molecule has 1 rings (SSSR count). The Morgan fingerprint density at radius 1 is 1.20 bits per heavy atom. The number of hydrogen-bond donors (Lipinski definition) is 3. The number of aliphatic hydroxyl groups excluding tert-OH is 1. The molecule has 2 atom stereocenters. The number of carbonyl (C=O) groups excluding carboxylic acids is 2. The molecule has 0 spiro atoms. The van der Waals surface area contributed by atoms with Gasteiger partial charge in [0, 0.05) is 0 Å². The van der Waals surface area contributed by atoms with Crippen LogP contribution in [0.15, 0.2) is 30.3 Å². The lowest BCUT2D eigenvalue weighted by molar-refractivity contribution is -0.148. The van der Waals surface area contributed by atoms with Gasteiger partial charge >= 0.3 is 5.97 Å². The molecule has 0 saturated carbocycles. The molecule has 0 saturated heterocycles. The van der Waals surface area contributed by atoms with Crippen molar-refractivity contribution >= 4 is 11.9 Å². The van der Waals surface area contributed by atoms with Crippen molar-refractivity contribution in [1.29, 1.82) is 0 Å². The minimum atomic E-state index is -0.742. The predicted molar refractivity (Wildman–Crippen MR) is 73.5 cm³/mol. The van der Waals surface area contributed by atoms with Crippen LogP contribution in [0.3, 0.4) is 0 Å².